The molecule has 1 amide bonds. The number of hydrogen-bond donors (Lipinski definition) is 2. The van der Waals surface area contributed by atoms with E-state index in [-0.39, 0.29) is 30.1 Å². The summed E-state index contributed by atoms with van der Waals surface area (Å²) in [6.07, 6.45) is -3.86. The molecule has 0 aliphatic carbocycles. The molecule has 0 aromatic heterocycles. The molecule has 156 valence electrons. The van der Waals surface area contributed by atoms with Crippen LogP contribution in [0.15, 0.2) is 48.5 Å². The van der Waals surface area contributed by atoms with Gasteiger partial charge in [0.15, 0.2) is 0 Å². The van der Waals surface area contributed by atoms with E-state index >= 15 is 0 Å². The minimum Gasteiger partial charge on any atom is -0.358 e. The molecule has 8 heteroatoms. The fraction of sp³-hybridized carbons (Fsp3) is 0.381. The molecule has 0 saturated carbocycles. The van der Waals surface area contributed by atoms with Gasteiger partial charge in [-0.25, -0.2) is 0 Å². The summed E-state index contributed by atoms with van der Waals surface area (Å²) in [4.78, 5) is 14.4. The van der Waals surface area contributed by atoms with E-state index in [0.29, 0.717) is 24.5 Å². The minimum atomic E-state index is -4.39. The maximum Gasteiger partial charge on any atom is 0.416 e. The minimum absolute atomic E-state index is 0.0918. The second-order valence-corrected chi connectivity index (χ2v) is 7.59. The second-order valence-electron chi connectivity index (χ2n) is 7.15. The van der Waals surface area contributed by atoms with Crippen LogP contribution in [0.5, 0.6) is 0 Å². The number of amides is 1. The van der Waals surface area contributed by atoms with Crippen molar-refractivity contribution in [1.29, 1.82) is 0 Å². The molecule has 1 aliphatic rings. The van der Waals surface area contributed by atoms with Crippen molar-refractivity contribution in [2.24, 2.45) is 0 Å². The number of nitrogens with one attached hydrogen (secondary N) is 2. The third-order valence-corrected chi connectivity index (χ3v) is 5.41. The van der Waals surface area contributed by atoms with Crippen molar-refractivity contribution in [3.8, 4) is 0 Å². The Balaban J connectivity index is 1.68. The van der Waals surface area contributed by atoms with Crippen molar-refractivity contribution in [3.05, 3.63) is 70.2 Å². The highest BCUT2D eigenvalue weighted by molar-refractivity contribution is 6.30. The van der Waals surface area contributed by atoms with Crippen LogP contribution in [0.2, 0.25) is 5.02 Å². The molecule has 0 unspecified atom stereocenters. The number of likely N-dealkylation sites (N-methyl/N-ethyl adjacent to an activating group) is 1. The number of nitrogens with zero attached hydrogens (tertiary/aromatic N) is 1. The van der Waals surface area contributed by atoms with Crippen LogP contribution in [0.25, 0.3) is 0 Å². The fourth-order valence-electron chi connectivity index (χ4n) is 3.70. The Labute approximate surface area is 173 Å². The van der Waals surface area contributed by atoms with Gasteiger partial charge in [0.2, 0.25) is 5.91 Å². The van der Waals surface area contributed by atoms with E-state index in [0.717, 1.165) is 11.6 Å². The number of halogens is 4. The van der Waals surface area contributed by atoms with Crippen LogP contribution in [0.1, 0.15) is 23.1 Å². The highest BCUT2D eigenvalue weighted by atomic mass is 35.5. The highest BCUT2D eigenvalue weighted by Gasteiger charge is 2.37. The second kappa shape index (κ2) is 9.15. The predicted molar refractivity (Wildman–Crippen MR) is 106 cm³/mol. The van der Waals surface area contributed by atoms with Gasteiger partial charge in [-0.2, -0.15) is 13.2 Å². The summed E-state index contributed by atoms with van der Waals surface area (Å²) >= 11 is 5.93. The molecule has 2 N–H and O–H groups in total. The number of likely N-dealkylation sites (tertiary alicyclic amines) is 1. The first kappa shape index (κ1) is 21.6. The summed E-state index contributed by atoms with van der Waals surface area (Å²) in [5.74, 6) is -0.0982. The molecule has 2 atom stereocenters. The third-order valence-electron chi connectivity index (χ3n) is 5.16. The van der Waals surface area contributed by atoms with E-state index < -0.39 is 11.7 Å². The summed E-state index contributed by atoms with van der Waals surface area (Å²) in [5, 5.41) is 6.52. The number of hydrogen-bond acceptors (Lipinski definition) is 3. The summed E-state index contributed by atoms with van der Waals surface area (Å²) in [6.45, 7) is 1.22. The maximum atomic E-state index is 13.2. The van der Waals surface area contributed by atoms with Gasteiger partial charge in [0.1, 0.15) is 0 Å². The Bertz CT molecular complexity index is 842. The van der Waals surface area contributed by atoms with Crippen LogP contribution in [0.4, 0.5) is 13.2 Å². The average Bonchev–Trinajstić information content (AvgIpc) is 3.10. The molecule has 2 aromatic carbocycles. The number of rotatable bonds is 6. The molecule has 1 heterocycles. The number of carbonyl (C=O) groups is 1. The SMILES string of the molecule is CNC(=O)[C@@H]1C[C@H](NCc2ccccc2C(F)(F)F)CN1Cc1ccc(Cl)cc1. The lowest BCUT2D eigenvalue weighted by Crippen LogP contribution is -2.41. The molecule has 4 nitrogen and oxygen atoms in total. The molecule has 0 spiro atoms. The highest BCUT2D eigenvalue weighted by Crippen LogP contribution is 2.32. The van der Waals surface area contributed by atoms with Crippen molar-refractivity contribution < 1.29 is 18.0 Å². The van der Waals surface area contributed by atoms with Gasteiger partial charge in [-0.1, -0.05) is 41.9 Å². The molecule has 1 saturated heterocycles. The Morgan fingerprint density at radius 1 is 1.17 bits per heavy atom. The van der Waals surface area contributed by atoms with Gasteiger partial charge >= 0.3 is 6.18 Å². The quantitative estimate of drug-likeness (QED) is 0.739. The molecule has 1 aliphatic heterocycles. The topological polar surface area (TPSA) is 44.4 Å². The zero-order valence-electron chi connectivity index (χ0n) is 16.0. The van der Waals surface area contributed by atoms with Crippen molar-refractivity contribution >= 4 is 17.5 Å². The first-order valence-electron chi connectivity index (χ1n) is 9.36. The number of carbonyl (C=O) groups excluding carboxylic acids is 1. The summed E-state index contributed by atoms with van der Waals surface area (Å²) < 4.78 is 39.6. The Morgan fingerprint density at radius 2 is 1.86 bits per heavy atom. The Morgan fingerprint density at radius 3 is 2.52 bits per heavy atom. The lowest BCUT2D eigenvalue weighted by molar-refractivity contribution is -0.138. The molecular weight excluding hydrogens is 403 g/mol. The van der Waals surface area contributed by atoms with E-state index in [1.54, 1.807) is 25.2 Å². The van der Waals surface area contributed by atoms with Gasteiger partial charge in [-0.3, -0.25) is 9.69 Å². The molecule has 2 aromatic rings. The van der Waals surface area contributed by atoms with Crippen molar-refractivity contribution in [2.75, 3.05) is 13.6 Å². The van der Waals surface area contributed by atoms with Crippen LogP contribution >= 0.6 is 11.6 Å². The van der Waals surface area contributed by atoms with Crippen LogP contribution in [0.3, 0.4) is 0 Å². The molecule has 1 fully saturated rings. The Hall–Kier alpha value is -2.09. The summed E-state index contributed by atoms with van der Waals surface area (Å²) in [7, 11) is 1.59. The standard InChI is InChI=1S/C21H23ClF3N3O/c1-26-20(29)19-10-17(13-28(19)12-14-6-8-16(22)9-7-14)27-11-15-4-2-3-5-18(15)21(23,24)25/h2-9,17,19,27H,10-13H2,1H3,(H,26,29)/t17-,19-/m0/s1. The van der Waals surface area contributed by atoms with Gasteiger partial charge < -0.3 is 10.6 Å². The van der Waals surface area contributed by atoms with E-state index in [1.165, 1.54) is 12.1 Å². The van der Waals surface area contributed by atoms with Crippen LogP contribution in [0, 0.1) is 0 Å². The van der Waals surface area contributed by atoms with Crippen molar-refractivity contribution in [2.45, 2.75) is 37.8 Å². The molecular formula is C21H23ClF3N3O. The number of alkyl halides is 3. The van der Waals surface area contributed by atoms with Gasteiger partial charge in [-0.05, 0) is 35.7 Å². The van der Waals surface area contributed by atoms with E-state index in [2.05, 4.69) is 10.6 Å². The Kier molecular flexibility index (Phi) is 6.82. The number of benzene rings is 2. The van der Waals surface area contributed by atoms with Gasteiger partial charge in [0, 0.05) is 37.7 Å². The summed E-state index contributed by atoms with van der Waals surface area (Å²) in [6, 6.07) is 12.5. The normalized spacial score (nSPS) is 20.0. The van der Waals surface area contributed by atoms with Gasteiger partial charge in [-0.15, -0.1) is 0 Å². The first-order valence-corrected chi connectivity index (χ1v) is 9.74. The largest absolute Gasteiger partial charge is 0.416 e. The smallest absolute Gasteiger partial charge is 0.358 e. The lowest BCUT2D eigenvalue weighted by atomic mass is 10.1. The van der Waals surface area contributed by atoms with Gasteiger partial charge in [0.25, 0.3) is 0 Å². The fourth-order valence-corrected chi connectivity index (χ4v) is 3.82. The zero-order valence-corrected chi connectivity index (χ0v) is 16.7. The monoisotopic (exact) mass is 425 g/mol. The maximum absolute atomic E-state index is 13.2. The molecule has 0 bridgehead atoms. The van der Waals surface area contributed by atoms with Crippen molar-refractivity contribution in [3.63, 3.8) is 0 Å². The molecule has 3 rings (SSSR count). The van der Waals surface area contributed by atoms with Crippen LogP contribution < -0.4 is 10.6 Å². The van der Waals surface area contributed by atoms with E-state index in [9.17, 15) is 18.0 Å². The van der Waals surface area contributed by atoms with Crippen LogP contribution in [-0.2, 0) is 24.1 Å². The lowest BCUT2D eigenvalue weighted by Gasteiger charge is -2.23. The zero-order chi connectivity index (χ0) is 21.0. The molecule has 29 heavy (non-hydrogen) atoms. The van der Waals surface area contributed by atoms with E-state index in [4.69, 9.17) is 11.6 Å². The predicted octanol–water partition coefficient (Wildman–Crippen LogP) is 3.84. The third kappa shape index (κ3) is 5.50. The average molecular weight is 426 g/mol. The first-order chi connectivity index (χ1) is 13.8. The van der Waals surface area contributed by atoms with Gasteiger partial charge in [0.05, 0.1) is 11.6 Å². The van der Waals surface area contributed by atoms with E-state index in [1.807, 2.05) is 17.0 Å². The molecule has 0 radical (unpaired) electrons. The van der Waals surface area contributed by atoms with Crippen molar-refractivity contribution in [1.82, 2.24) is 15.5 Å². The summed E-state index contributed by atoms with van der Waals surface area (Å²) in [5.41, 5.74) is 0.588. The van der Waals surface area contributed by atoms with Crippen LogP contribution in [-0.4, -0.2) is 36.5 Å².